The molecule has 3 aliphatic rings. The summed E-state index contributed by atoms with van der Waals surface area (Å²) in [7, 11) is 0. The Balaban J connectivity index is 0.000000108. The Hall–Kier alpha value is -17.2. The molecule has 0 bridgehead atoms. The monoisotopic (exact) mass is 1710 g/mol. The van der Waals surface area contributed by atoms with Gasteiger partial charge in [-0.25, -0.2) is 0 Å². The maximum atomic E-state index is 2.42. The molecule has 0 saturated carbocycles. The number of fused-ring (bicyclic) bond motifs is 15. The maximum Gasteiger partial charge on any atom is 0.0713 e. The summed E-state index contributed by atoms with van der Waals surface area (Å²) in [6.45, 7) is 0. The summed E-state index contributed by atoms with van der Waals surface area (Å²) in [6.07, 6.45) is 0. The van der Waals surface area contributed by atoms with Crippen molar-refractivity contribution in [3.05, 3.63) is 613 Å². The summed E-state index contributed by atoms with van der Waals surface area (Å²) in [4.78, 5) is 0. The van der Waals surface area contributed by atoms with Crippen LogP contribution in [0.1, 0.15) is 66.8 Å². The van der Waals surface area contributed by atoms with Crippen LogP contribution in [0.4, 0.5) is 0 Å². The minimum Gasteiger partial charge on any atom is -0.0622 e. The van der Waals surface area contributed by atoms with E-state index < -0.39 is 10.8 Å². The van der Waals surface area contributed by atoms with Gasteiger partial charge in [0.15, 0.2) is 0 Å². The van der Waals surface area contributed by atoms with Crippen molar-refractivity contribution >= 4 is 64.6 Å². The van der Waals surface area contributed by atoms with Crippen molar-refractivity contribution in [2.45, 2.75) is 16.2 Å². The van der Waals surface area contributed by atoms with Gasteiger partial charge in [-0.15, -0.1) is 0 Å². The van der Waals surface area contributed by atoms with Crippen LogP contribution in [-0.4, -0.2) is 0 Å². The normalized spacial score (nSPS) is 13.1. The first-order valence-corrected chi connectivity index (χ1v) is 47.1. The fourth-order valence-electron chi connectivity index (χ4n) is 23.4. The van der Waals surface area contributed by atoms with Crippen LogP contribution < -0.4 is 0 Å². The van der Waals surface area contributed by atoms with E-state index in [0.29, 0.717) is 0 Å². The molecule has 27 rings (SSSR count). The highest BCUT2D eigenvalue weighted by molar-refractivity contribution is 6.16. The molecule has 0 aromatic heterocycles. The number of rotatable bonds is 12. The van der Waals surface area contributed by atoms with E-state index in [1.807, 2.05) is 0 Å². The zero-order valence-electron chi connectivity index (χ0n) is 74.5. The fourth-order valence-corrected chi connectivity index (χ4v) is 23.4. The molecule has 0 atom stereocenters. The number of hydrogen-bond donors (Lipinski definition) is 0. The molecule has 24 aromatic rings. The third-order valence-corrected chi connectivity index (χ3v) is 29.2. The van der Waals surface area contributed by atoms with E-state index in [2.05, 4.69) is 546 Å². The van der Waals surface area contributed by atoms with Crippen molar-refractivity contribution < 1.29 is 0 Å². The van der Waals surface area contributed by atoms with Gasteiger partial charge in [0.05, 0.1) is 16.2 Å². The lowest BCUT2D eigenvalue weighted by molar-refractivity contribution is 0.768. The molecule has 135 heavy (non-hydrogen) atoms. The molecular weight excluding hydrogens is 1620 g/mol. The Kier molecular flexibility index (Phi) is 19.8. The molecular formula is C135H90. The molecule has 0 heterocycles. The molecule has 0 heteroatoms. The molecule has 0 spiro atoms. The van der Waals surface area contributed by atoms with E-state index in [1.54, 1.807) is 0 Å². The molecule has 24 aromatic carbocycles. The molecule has 0 unspecified atom stereocenters. The summed E-state index contributed by atoms with van der Waals surface area (Å²) < 4.78 is 0. The molecule has 0 fully saturated rings. The predicted molar refractivity (Wildman–Crippen MR) is 569 cm³/mol. The van der Waals surface area contributed by atoms with Gasteiger partial charge in [0.25, 0.3) is 0 Å². The van der Waals surface area contributed by atoms with E-state index in [-0.39, 0.29) is 5.41 Å². The van der Waals surface area contributed by atoms with Crippen LogP contribution in [0.3, 0.4) is 0 Å². The van der Waals surface area contributed by atoms with Gasteiger partial charge in [0, 0.05) is 0 Å². The summed E-state index contributed by atoms with van der Waals surface area (Å²) in [5, 5.41) is 15.3. The molecule has 0 saturated heterocycles. The Labute approximate surface area is 788 Å². The Morgan fingerprint density at radius 3 is 0.600 bits per heavy atom. The van der Waals surface area contributed by atoms with E-state index in [1.165, 1.54) is 232 Å². The van der Waals surface area contributed by atoms with Gasteiger partial charge >= 0.3 is 0 Å². The van der Waals surface area contributed by atoms with E-state index >= 15 is 0 Å². The predicted octanol–water partition coefficient (Wildman–Crippen LogP) is 35.1. The number of hydrogen-bond acceptors (Lipinski definition) is 0. The summed E-state index contributed by atoms with van der Waals surface area (Å²) in [5.41, 5.74) is 37.4. The molecule has 0 nitrogen and oxygen atoms in total. The van der Waals surface area contributed by atoms with Gasteiger partial charge in [-0.3, -0.25) is 0 Å². The van der Waals surface area contributed by atoms with E-state index in [4.69, 9.17) is 0 Å². The molecule has 0 radical (unpaired) electrons. The van der Waals surface area contributed by atoms with Crippen LogP contribution in [0.2, 0.25) is 0 Å². The van der Waals surface area contributed by atoms with Crippen molar-refractivity contribution in [1.82, 2.24) is 0 Å². The lowest BCUT2D eigenvalue weighted by Gasteiger charge is -2.34. The van der Waals surface area contributed by atoms with Crippen molar-refractivity contribution in [1.29, 1.82) is 0 Å². The quantitative estimate of drug-likeness (QED) is 0.107. The van der Waals surface area contributed by atoms with E-state index in [9.17, 15) is 0 Å². The summed E-state index contributed by atoms with van der Waals surface area (Å²) in [5.74, 6) is 0. The Morgan fingerprint density at radius 1 is 0.104 bits per heavy atom. The van der Waals surface area contributed by atoms with E-state index in [0.717, 1.165) is 0 Å². The summed E-state index contributed by atoms with van der Waals surface area (Å²) >= 11 is 0. The Bertz CT molecular complexity index is 8420. The highest BCUT2D eigenvalue weighted by Gasteiger charge is 2.49. The lowest BCUT2D eigenvalue weighted by Crippen LogP contribution is -2.28. The van der Waals surface area contributed by atoms with Crippen LogP contribution >= 0.6 is 0 Å². The largest absolute Gasteiger partial charge is 0.0713 e. The molecule has 0 N–H and O–H groups in total. The van der Waals surface area contributed by atoms with Crippen molar-refractivity contribution in [3.63, 3.8) is 0 Å². The van der Waals surface area contributed by atoms with Crippen molar-refractivity contribution in [2.24, 2.45) is 0 Å². The van der Waals surface area contributed by atoms with Crippen LogP contribution in [0.25, 0.3) is 165 Å². The van der Waals surface area contributed by atoms with Crippen molar-refractivity contribution in [2.75, 3.05) is 0 Å². The van der Waals surface area contributed by atoms with Gasteiger partial charge in [-0.2, -0.15) is 0 Å². The molecule has 0 amide bonds. The smallest absolute Gasteiger partial charge is 0.0622 e. The minimum absolute atomic E-state index is 0.378. The van der Waals surface area contributed by atoms with Crippen LogP contribution in [0, 0.1) is 0 Å². The topological polar surface area (TPSA) is 0 Å². The first-order valence-electron chi connectivity index (χ1n) is 47.1. The third kappa shape index (κ3) is 13.1. The lowest BCUT2D eigenvalue weighted by atomic mass is 9.67. The van der Waals surface area contributed by atoms with Crippen LogP contribution in [0.5, 0.6) is 0 Å². The fraction of sp³-hybridized carbons (Fsp3) is 0.0222. The zero-order chi connectivity index (χ0) is 89.4. The molecule has 3 aliphatic carbocycles. The number of benzene rings is 24. The summed E-state index contributed by atoms with van der Waals surface area (Å²) in [6, 6.07) is 201. The van der Waals surface area contributed by atoms with Crippen LogP contribution in [-0.2, 0) is 16.2 Å². The van der Waals surface area contributed by atoms with Crippen molar-refractivity contribution in [3.8, 4) is 100 Å². The first-order chi connectivity index (χ1) is 67.0. The second-order valence-electron chi connectivity index (χ2n) is 36.2. The standard InChI is InChI=1S/3C45H30/c1-2-19-36(20-3-1)45(42-26-10-8-24-40(42)41-25-9-11-27-43(41)45)37-21-13-17-32(30-37)31-16-12-18-35(28-31)44-38-22-6-4-14-33(38)29-34-15-5-7-23-39(34)44;1-2-17-36(18-3-1)45(42-23-10-8-21-40(42)41-22-9-11-24-43(41)45)37-27-25-31(26-28-37)32-15-12-16-35(29-32)44-38-19-6-4-13-33(38)30-34-14-5-7-20-39(34)44;1-2-16-36(17-3-1)45(42-23-10-8-21-40(42)41-22-9-11-24-43(41)45)37-18-12-15-33(30-37)31-25-27-32(28-26-31)44-38-19-6-4-13-34(38)29-35-14-5-7-20-39(35)44/h3*1-30H. The average molecular weight is 1710 g/mol. The maximum absolute atomic E-state index is 2.42. The Morgan fingerprint density at radius 2 is 0.296 bits per heavy atom. The first kappa shape index (κ1) is 80.0. The SMILES string of the molecule is c1ccc(C2(c3ccc(-c4cccc(-c5c6ccccc6cc6ccccc56)c4)cc3)c3ccccc3-c3ccccc32)cc1.c1ccc(C2(c3cccc(-c4ccc(-c5c6ccccc6cc6ccccc56)cc4)c3)c3ccccc3-c3ccccc32)cc1.c1ccc(C2(c3cccc(-c4cccc(-c5c6ccccc6cc6ccccc56)c4)c3)c3ccccc3-c3ccccc32)cc1. The molecule has 630 valence electrons. The van der Waals surface area contributed by atoms with Gasteiger partial charge in [0.2, 0.25) is 0 Å². The third-order valence-electron chi connectivity index (χ3n) is 29.2. The van der Waals surface area contributed by atoms with Gasteiger partial charge in [-0.05, 0) is 274 Å². The average Bonchev–Trinajstić information content (AvgIpc) is 1.55. The second-order valence-corrected chi connectivity index (χ2v) is 36.2. The van der Waals surface area contributed by atoms with Crippen LogP contribution in [0.15, 0.2) is 546 Å². The second kappa shape index (κ2) is 33.3. The minimum atomic E-state index is -0.409. The molecule has 0 aliphatic heterocycles. The highest BCUT2D eigenvalue weighted by Crippen LogP contribution is 2.60. The van der Waals surface area contributed by atoms with Gasteiger partial charge in [-0.1, -0.05) is 504 Å². The van der Waals surface area contributed by atoms with Gasteiger partial charge in [0.1, 0.15) is 0 Å². The zero-order valence-corrected chi connectivity index (χ0v) is 74.5. The highest BCUT2D eigenvalue weighted by atomic mass is 14.5. The van der Waals surface area contributed by atoms with Gasteiger partial charge < -0.3 is 0 Å².